The van der Waals surface area contributed by atoms with Crippen molar-refractivity contribution in [3.63, 3.8) is 0 Å². The lowest BCUT2D eigenvalue weighted by atomic mass is 10.1. The molecule has 5 heteroatoms. The predicted molar refractivity (Wildman–Crippen MR) is 79.5 cm³/mol. The standard InChI is InChI=1S/C14H18ClNO2S/c1-9-3-6-19-14(16-9)10-7-11(15)13-12(8-10)17-4-2-5-18-13/h7-9,14,16H,2-6H2,1H3. The fourth-order valence-electron chi connectivity index (χ4n) is 2.35. The SMILES string of the molecule is CC1CCSC(c2cc(Cl)c3c(c2)OCCCO3)N1. The van der Waals surface area contributed by atoms with Crippen LogP contribution < -0.4 is 14.8 Å². The van der Waals surface area contributed by atoms with Crippen LogP contribution in [0, 0.1) is 0 Å². The molecule has 104 valence electrons. The summed E-state index contributed by atoms with van der Waals surface area (Å²) < 4.78 is 11.4. The minimum Gasteiger partial charge on any atom is -0.489 e. The van der Waals surface area contributed by atoms with Crippen molar-refractivity contribution in [2.45, 2.75) is 31.2 Å². The zero-order valence-corrected chi connectivity index (χ0v) is 12.5. The maximum atomic E-state index is 6.33. The summed E-state index contributed by atoms with van der Waals surface area (Å²) in [5.41, 5.74) is 1.17. The Bertz CT molecular complexity index is 469. The van der Waals surface area contributed by atoms with E-state index in [1.807, 2.05) is 17.8 Å². The lowest BCUT2D eigenvalue weighted by Gasteiger charge is -2.29. The number of halogens is 1. The van der Waals surface area contributed by atoms with Gasteiger partial charge in [0.05, 0.1) is 23.6 Å². The molecular formula is C14H18ClNO2S. The molecule has 0 amide bonds. The zero-order valence-electron chi connectivity index (χ0n) is 10.9. The highest BCUT2D eigenvalue weighted by Gasteiger charge is 2.23. The molecule has 1 N–H and O–H groups in total. The van der Waals surface area contributed by atoms with E-state index >= 15 is 0 Å². The number of rotatable bonds is 1. The van der Waals surface area contributed by atoms with E-state index < -0.39 is 0 Å². The van der Waals surface area contributed by atoms with Crippen LogP contribution in [0.25, 0.3) is 0 Å². The molecule has 2 aliphatic heterocycles. The van der Waals surface area contributed by atoms with Crippen LogP contribution in [-0.2, 0) is 0 Å². The van der Waals surface area contributed by atoms with Crippen molar-refractivity contribution in [3.8, 4) is 11.5 Å². The molecule has 1 aromatic rings. The van der Waals surface area contributed by atoms with Crippen LogP contribution in [-0.4, -0.2) is 25.0 Å². The Balaban J connectivity index is 1.90. The Labute approximate surface area is 123 Å². The molecule has 0 aromatic heterocycles. The molecule has 2 aliphatic rings. The number of nitrogens with one attached hydrogen (secondary N) is 1. The van der Waals surface area contributed by atoms with Gasteiger partial charge in [-0.2, -0.15) is 0 Å². The van der Waals surface area contributed by atoms with Crippen LogP contribution >= 0.6 is 23.4 Å². The summed E-state index contributed by atoms with van der Waals surface area (Å²) in [7, 11) is 0. The smallest absolute Gasteiger partial charge is 0.179 e. The van der Waals surface area contributed by atoms with Gasteiger partial charge in [0.1, 0.15) is 0 Å². The Kier molecular flexibility index (Phi) is 4.10. The number of benzene rings is 1. The number of thioether (sulfide) groups is 1. The van der Waals surface area contributed by atoms with Crippen molar-refractivity contribution in [2.75, 3.05) is 19.0 Å². The third kappa shape index (κ3) is 2.96. The zero-order chi connectivity index (χ0) is 13.2. The number of ether oxygens (including phenoxy) is 2. The maximum Gasteiger partial charge on any atom is 0.179 e. The molecule has 2 atom stereocenters. The van der Waals surface area contributed by atoms with Crippen molar-refractivity contribution < 1.29 is 9.47 Å². The third-order valence-corrected chi connectivity index (χ3v) is 4.89. The minimum atomic E-state index is 0.290. The molecule has 0 bridgehead atoms. The second kappa shape index (κ2) is 5.81. The van der Waals surface area contributed by atoms with Gasteiger partial charge >= 0.3 is 0 Å². The van der Waals surface area contributed by atoms with Crippen molar-refractivity contribution >= 4 is 23.4 Å². The molecule has 1 aromatic carbocycles. The predicted octanol–water partition coefficient (Wildman–Crippen LogP) is 3.61. The molecule has 3 nitrogen and oxygen atoms in total. The summed E-state index contributed by atoms with van der Waals surface area (Å²) in [5, 5.41) is 4.53. The summed E-state index contributed by atoms with van der Waals surface area (Å²) in [6.07, 6.45) is 2.10. The Hall–Kier alpha value is -0.580. The van der Waals surface area contributed by atoms with Crippen LogP contribution in [0.1, 0.15) is 30.7 Å². The monoisotopic (exact) mass is 299 g/mol. The van der Waals surface area contributed by atoms with Gasteiger partial charge in [-0.3, -0.25) is 5.32 Å². The molecule has 0 aliphatic carbocycles. The number of hydrogen-bond acceptors (Lipinski definition) is 4. The molecule has 2 unspecified atom stereocenters. The van der Waals surface area contributed by atoms with Gasteiger partial charge in [0.2, 0.25) is 0 Å². The van der Waals surface area contributed by atoms with Gasteiger partial charge in [-0.05, 0) is 36.8 Å². The largest absolute Gasteiger partial charge is 0.489 e. The maximum absolute atomic E-state index is 6.33. The highest BCUT2D eigenvalue weighted by Crippen LogP contribution is 2.42. The molecule has 3 rings (SSSR count). The Morgan fingerprint density at radius 1 is 1.32 bits per heavy atom. The first-order valence-electron chi connectivity index (χ1n) is 6.71. The van der Waals surface area contributed by atoms with Crippen LogP contribution in [0.5, 0.6) is 11.5 Å². The fourth-order valence-corrected chi connectivity index (χ4v) is 4.00. The Morgan fingerprint density at radius 3 is 3.00 bits per heavy atom. The van der Waals surface area contributed by atoms with E-state index in [0.717, 1.165) is 12.2 Å². The first kappa shape index (κ1) is 13.4. The summed E-state index contributed by atoms with van der Waals surface area (Å²) >= 11 is 8.25. The van der Waals surface area contributed by atoms with E-state index in [1.54, 1.807) is 0 Å². The lowest BCUT2D eigenvalue weighted by molar-refractivity contribution is 0.297. The van der Waals surface area contributed by atoms with Gasteiger partial charge in [0.25, 0.3) is 0 Å². The number of hydrogen-bond donors (Lipinski definition) is 1. The lowest BCUT2D eigenvalue weighted by Crippen LogP contribution is -2.33. The first-order valence-corrected chi connectivity index (χ1v) is 8.13. The normalized spacial score (nSPS) is 26.8. The van der Waals surface area contributed by atoms with Gasteiger partial charge in [0, 0.05) is 12.5 Å². The van der Waals surface area contributed by atoms with Gasteiger partial charge in [-0.25, -0.2) is 0 Å². The molecule has 0 saturated carbocycles. The Morgan fingerprint density at radius 2 is 2.16 bits per heavy atom. The quantitative estimate of drug-likeness (QED) is 0.858. The highest BCUT2D eigenvalue weighted by atomic mass is 35.5. The molecular weight excluding hydrogens is 282 g/mol. The minimum absolute atomic E-state index is 0.290. The second-order valence-corrected chi connectivity index (χ2v) is 6.61. The first-order chi connectivity index (χ1) is 9.24. The van der Waals surface area contributed by atoms with Gasteiger partial charge in [-0.1, -0.05) is 11.6 Å². The summed E-state index contributed by atoms with van der Waals surface area (Å²) in [4.78, 5) is 0. The number of fused-ring (bicyclic) bond motifs is 1. The molecule has 19 heavy (non-hydrogen) atoms. The molecule has 2 heterocycles. The summed E-state index contributed by atoms with van der Waals surface area (Å²) in [6, 6.07) is 4.61. The van der Waals surface area contributed by atoms with E-state index in [2.05, 4.69) is 18.3 Å². The highest BCUT2D eigenvalue weighted by molar-refractivity contribution is 7.99. The van der Waals surface area contributed by atoms with E-state index in [9.17, 15) is 0 Å². The van der Waals surface area contributed by atoms with E-state index in [0.29, 0.717) is 35.4 Å². The van der Waals surface area contributed by atoms with Crippen molar-refractivity contribution in [1.29, 1.82) is 0 Å². The van der Waals surface area contributed by atoms with Gasteiger partial charge in [-0.15, -0.1) is 11.8 Å². The molecule has 0 radical (unpaired) electrons. The molecule has 1 saturated heterocycles. The van der Waals surface area contributed by atoms with Crippen molar-refractivity contribution in [2.24, 2.45) is 0 Å². The van der Waals surface area contributed by atoms with Crippen molar-refractivity contribution in [1.82, 2.24) is 5.32 Å². The summed E-state index contributed by atoms with van der Waals surface area (Å²) in [6.45, 7) is 3.57. The average Bonchev–Trinajstić information content (AvgIpc) is 2.64. The fraction of sp³-hybridized carbons (Fsp3) is 0.571. The molecule has 0 spiro atoms. The van der Waals surface area contributed by atoms with Gasteiger partial charge < -0.3 is 9.47 Å². The molecule has 1 fully saturated rings. The summed E-state index contributed by atoms with van der Waals surface area (Å²) in [5.74, 6) is 2.64. The van der Waals surface area contributed by atoms with Crippen LogP contribution in [0.3, 0.4) is 0 Å². The topological polar surface area (TPSA) is 30.5 Å². The van der Waals surface area contributed by atoms with Crippen LogP contribution in [0.2, 0.25) is 5.02 Å². The van der Waals surface area contributed by atoms with Gasteiger partial charge in [0.15, 0.2) is 11.5 Å². The van der Waals surface area contributed by atoms with E-state index in [4.69, 9.17) is 21.1 Å². The van der Waals surface area contributed by atoms with Crippen LogP contribution in [0.15, 0.2) is 12.1 Å². The van der Waals surface area contributed by atoms with E-state index in [-0.39, 0.29) is 0 Å². The van der Waals surface area contributed by atoms with E-state index in [1.165, 1.54) is 17.7 Å². The third-order valence-electron chi connectivity index (χ3n) is 3.40. The average molecular weight is 300 g/mol. The van der Waals surface area contributed by atoms with Crippen LogP contribution in [0.4, 0.5) is 0 Å². The second-order valence-electron chi connectivity index (χ2n) is 4.99. The van der Waals surface area contributed by atoms with Crippen molar-refractivity contribution in [3.05, 3.63) is 22.7 Å².